The van der Waals surface area contributed by atoms with Gasteiger partial charge in [0.1, 0.15) is 0 Å². The molecule has 0 spiro atoms. The Bertz CT molecular complexity index is 507. The van der Waals surface area contributed by atoms with Crippen LogP contribution < -0.4 is 0 Å². The van der Waals surface area contributed by atoms with Crippen LogP contribution in [0.25, 0.3) is 0 Å². The van der Waals surface area contributed by atoms with Crippen LogP contribution in [0.5, 0.6) is 0 Å². The first-order chi connectivity index (χ1) is 11.3. The lowest BCUT2D eigenvalue weighted by Crippen LogP contribution is -2.55. The van der Waals surface area contributed by atoms with Gasteiger partial charge in [0.2, 0.25) is 5.91 Å². The summed E-state index contributed by atoms with van der Waals surface area (Å²) in [6.07, 6.45) is 3.46. The van der Waals surface area contributed by atoms with E-state index < -0.39 is 0 Å². The maximum absolute atomic E-state index is 12.5. The summed E-state index contributed by atoms with van der Waals surface area (Å²) in [6.45, 7) is 3.88. The highest BCUT2D eigenvalue weighted by Crippen LogP contribution is 2.31. The van der Waals surface area contributed by atoms with Crippen LogP contribution in [-0.4, -0.2) is 65.4 Å². The SMILES string of the molecule is O=C(CSc1ccccc1)N1CCN(CC2CC2)[C@H](CCO)C1. The molecule has 23 heavy (non-hydrogen) atoms. The van der Waals surface area contributed by atoms with Crippen molar-refractivity contribution in [3.63, 3.8) is 0 Å². The zero-order valence-electron chi connectivity index (χ0n) is 13.6. The largest absolute Gasteiger partial charge is 0.396 e. The molecule has 1 aromatic rings. The van der Waals surface area contributed by atoms with Crippen molar-refractivity contribution in [2.75, 3.05) is 38.5 Å². The van der Waals surface area contributed by atoms with Crippen LogP contribution in [0.2, 0.25) is 0 Å². The van der Waals surface area contributed by atoms with Gasteiger partial charge in [-0.05, 0) is 37.3 Å². The minimum atomic E-state index is 0.201. The summed E-state index contributed by atoms with van der Waals surface area (Å²) >= 11 is 1.60. The van der Waals surface area contributed by atoms with Gasteiger partial charge in [-0.1, -0.05) is 18.2 Å². The first kappa shape index (κ1) is 16.8. The molecule has 0 radical (unpaired) electrons. The number of carbonyl (C=O) groups excluding carboxylic acids is 1. The van der Waals surface area contributed by atoms with Gasteiger partial charge >= 0.3 is 0 Å². The molecular weight excluding hydrogens is 308 g/mol. The van der Waals surface area contributed by atoms with Gasteiger partial charge in [-0.2, -0.15) is 0 Å². The first-order valence-corrected chi connectivity index (χ1v) is 9.55. The quantitative estimate of drug-likeness (QED) is 0.776. The van der Waals surface area contributed by atoms with Crippen LogP contribution in [-0.2, 0) is 4.79 Å². The van der Waals surface area contributed by atoms with Gasteiger partial charge in [-0.15, -0.1) is 11.8 Å². The molecule has 126 valence electrons. The van der Waals surface area contributed by atoms with E-state index in [0.717, 1.165) is 43.4 Å². The van der Waals surface area contributed by atoms with Crippen molar-refractivity contribution < 1.29 is 9.90 Å². The van der Waals surface area contributed by atoms with Crippen LogP contribution >= 0.6 is 11.8 Å². The number of nitrogens with zero attached hydrogens (tertiary/aromatic N) is 2. The highest BCUT2D eigenvalue weighted by Gasteiger charge is 2.33. The van der Waals surface area contributed by atoms with Gasteiger partial charge in [0.05, 0.1) is 5.75 Å². The van der Waals surface area contributed by atoms with Crippen molar-refractivity contribution in [3.8, 4) is 0 Å². The molecule has 0 bridgehead atoms. The van der Waals surface area contributed by atoms with Crippen molar-refractivity contribution in [1.29, 1.82) is 0 Å². The Balaban J connectivity index is 1.50. The summed E-state index contributed by atoms with van der Waals surface area (Å²) in [5, 5.41) is 9.33. The van der Waals surface area contributed by atoms with Crippen LogP contribution in [0, 0.1) is 5.92 Å². The smallest absolute Gasteiger partial charge is 0.233 e. The van der Waals surface area contributed by atoms with Gasteiger partial charge in [0.25, 0.3) is 0 Å². The van der Waals surface area contributed by atoms with Gasteiger partial charge in [0.15, 0.2) is 0 Å². The molecule has 4 nitrogen and oxygen atoms in total. The average Bonchev–Trinajstić information content (AvgIpc) is 3.39. The zero-order valence-corrected chi connectivity index (χ0v) is 14.4. The zero-order chi connectivity index (χ0) is 16.1. The Labute approximate surface area is 142 Å². The van der Waals surface area contributed by atoms with E-state index >= 15 is 0 Å². The lowest BCUT2D eigenvalue weighted by atomic mass is 10.1. The van der Waals surface area contributed by atoms with Crippen molar-refractivity contribution in [2.24, 2.45) is 5.92 Å². The molecule has 1 heterocycles. The van der Waals surface area contributed by atoms with Gasteiger partial charge in [-0.25, -0.2) is 0 Å². The summed E-state index contributed by atoms with van der Waals surface area (Å²) in [7, 11) is 0. The summed E-state index contributed by atoms with van der Waals surface area (Å²) in [5.74, 6) is 1.57. The van der Waals surface area contributed by atoms with Crippen molar-refractivity contribution in [3.05, 3.63) is 30.3 Å². The topological polar surface area (TPSA) is 43.8 Å². The summed E-state index contributed by atoms with van der Waals surface area (Å²) in [6, 6.07) is 10.4. The molecule has 2 fully saturated rings. The van der Waals surface area contributed by atoms with Gasteiger partial charge in [-0.3, -0.25) is 9.69 Å². The monoisotopic (exact) mass is 334 g/mol. The predicted molar refractivity (Wildman–Crippen MR) is 93.5 cm³/mol. The number of benzene rings is 1. The second-order valence-electron chi connectivity index (χ2n) is 6.55. The highest BCUT2D eigenvalue weighted by atomic mass is 32.2. The van der Waals surface area contributed by atoms with E-state index in [9.17, 15) is 9.90 Å². The first-order valence-electron chi connectivity index (χ1n) is 8.57. The van der Waals surface area contributed by atoms with E-state index in [1.165, 1.54) is 12.8 Å². The van der Waals surface area contributed by atoms with Crippen molar-refractivity contribution >= 4 is 17.7 Å². The van der Waals surface area contributed by atoms with Crippen LogP contribution in [0.15, 0.2) is 35.2 Å². The molecule has 5 heteroatoms. The van der Waals surface area contributed by atoms with E-state index in [0.29, 0.717) is 11.8 Å². The summed E-state index contributed by atoms with van der Waals surface area (Å²) < 4.78 is 0. The number of aliphatic hydroxyl groups is 1. The molecule has 1 saturated carbocycles. The molecule has 1 aromatic carbocycles. The standard InChI is InChI=1S/C18H26N2O2S/c21-11-8-16-13-20(10-9-19(16)12-15-6-7-15)18(22)14-23-17-4-2-1-3-5-17/h1-5,15-16,21H,6-14H2/t16-/m1/s1. The lowest BCUT2D eigenvalue weighted by molar-refractivity contribution is -0.131. The molecule has 0 unspecified atom stereocenters. The third kappa shape index (κ3) is 4.96. The second-order valence-corrected chi connectivity index (χ2v) is 7.59. The number of hydrogen-bond donors (Lipinski definition) is 1. The number of hydrogen-bond acceptors (Lipinski definition) is 4. The Morgan fingerprint density at radius 2 is 2.00 bits per heavy atom. The lowest BCUT2D eigenvalue weighted by Gasteiger charge is -2.41. The molecule has 3 rings (SSSR count). The highest BCUT2D eigenvalue weighted by molar-refractivity contribution is 8.00. The fourth-order valence-corrected chi connectivity index (χ4v) is 3.99. The normalized spacial score (nSPS) is 22.3. The maximum Gasteiger partial charge on any atom is 0.233 e. The van der Waals surface area contributed by atoms with Crippen molar-refractivity contribution in [1.82, 2.24) is 9.80 Å². The van der Waals surface area contributed by atoms with Crippen LogP contribution in [0.3, 0.4) is 0 Å². The molecule has 1 aliphatic heterocycles. The molecule has 1 N–H and O–H groups in total. The summed E-state index contributed by atoms with van der Waals surface area (Å²) in [4.78, 5) is 18.1. The van der Waals surface area contributed by atoms with Crippen LogP contribution in [0.1, 0.15) is 19.3 Å². The minimum Gasteiger partial charge on any atom is -0.396 e. The molecule has 1 saturated heterocycles. The van der Waals surface area contributed by atoms with Gasteiger partial charge in [0, 0.05) is 43.7 Å². The Morgan fingerprint density at radius 3 is 2.70 bits per heavy atom. The third-order valence-corrected chi connectivity index (χ3v) is 5.71. The Hall–Kier alpha value is -1.04. The van der Waals surface area contributed by atoms with E-state index in [-0.39, 0.29) is 12.5 Å². The number of amides is 1. The summed E-state index contributed by atoms with van der Waals surface area (Å²) in [5.41, 5.74) is 0. The molecule has 0 aromatic heterocycles. The van der Waals surface area contributed by atoms with E-state index in [2.05, 4.69) is 4.90 Å². The fraction of sp³-hybridized carbons (Fsp3) is 0.611. The van der Waals surface area contributed by atoms with Crippen LogP contribution in [0.4, 0.5) is 0 Å². The minimum absolute atomic E-state index is 0.201. The van der Waals surface area contributed by atoms with E-state index in [4.69, 9.17) is 0 Å². The Kier molecular flexibility index (Phi) is 5.97. The van der Waals surface area contributed by atoms with E-state index in [1.54, 1.807) is 11.8 Å². The molecule has 1 aliphatic carbocycles. The number of thioether (sulfide) groups is 1. The molecule has 2 aliphatic rings. The number of rotatable bonds is 7. The maximum atomic E-state index is 12.5. The third-order valence-electron chi connectivity index (χ3n) is 4.71. The number of carbonyl (C=O) groups is 1. The van der Waals surface area contributed by atoms with E-state index in [1.807, 2.05) is 35.2 Å². The fourth-order valence-electron chi connectivity index (χ4n) is 3.17. The molecule has 1 atom stereocenters. The average molecular weight is 334 g/mol. The predicted octanol–water partition coefficient (Wildman–Crippen LogP) is 2.08. The molecule has 1 amide bonds. The molecular formula is C18H26N2O2S. The van der Waals surface area contributed by atoms with Crippen molar-refractivity contribution in [2.45, 2.75) is 30.2 Å². The van der Waals surface area contributed by atoms with Gasteiger partial charge < -0.3 is 10.0 Å². The second kappa shape index (κ2) is 8.18. The number of aliphatic hydroxyl groups excluding tert-OH is 1. The number of piperazine rings is 1. The Morgan fingerprint density at radius 1 is 1.22 bits per heavy atom.